The average Bonchev–Trinajstić information content (AvgIpc) is 2.33. The Kier molecular flexibility index (Phi) is 3.51. The third-order valence-corrected chi connectivity index (χ3v) is 3.51. The van der Waals surface area contributed by atoms with Gasteiger partial charge in [0.15, 0.2) is 6.20 Å². The molecule has 2 aromatic rings. The smallest absolute Gasteiger partial charge is 0.201 e. The minimum absolute atomic E-state index is 0.565. The van der Waals surface area contributed by atoms with Crippen molar-refractivity contribution in [2.45, 2.75) is 33.6 Å². The molecule has 18 heavy (non-hydrogen) atoms. The van der Waals surface area contributed by atoms with Gasteiger partial charge in [0.1, 0.15) is 7.05 Å². The van der Waals surface area contributed by atoms with E-state index in [4.69, 9.17) is 0 Å². The molecule has 1 heteroatoms. The molecule has 0 atom stereocenters. The van der Waals surface area contributed by atoms with Gasteiger partial charge in [0.05, 0.1) is 0 Å². The van der Waals surface area contributed by atoms with Crippen LogP contribution in [-0.2, 0) is 7.05 Å². The van der Waals surface area contributed by atoms with Gasteiger partial charge in [-0.3, -0.25) is 0 Å². The molecule has 0 spiro atoms. The van der Waals surface area contributed by atoms with Crippen molar-refractivity contribution in [3.63, 3.8) is 0 Å². The molecule has 0 amide bonds. The van der Waals surface area contributed by atoms with E-state index in [0.717, 1.165) is 0 Å². The van der Waals surface area contributed by atoms with Crippen molar-refractivity contribution in [2.24, 2.45) is 7.05 Å². The average molecular weight is 240 g/mol. The monoisotopic (exact) mass is 240 g/mol. The lowest BCUT2D eigenvalue weighted by Crippen LogP contribution is -2.30. The van der Waals surface area contributed by atoms with Crippen molar-refractivity contribution < 1.29 is 4.57 Å². The number of aromatic nitrogens is 1. The van der Waals surface area contributed by atoms with Crippen LogP contribution in [0.3, 0.4) is 0 Å². The Labute approximate surface area is 110 Å². The van der Waals surface area contributed by atoms with Gasteiger partial charge in [-0.15, -0.1) is 0 Å². The van der Waals surface area contributed by atoms with Crippen molar-refractivity contribution in [3.05, 3.63) is 53.2 Å². The molecule has 1 aromatic carbocycles. The zero-order chi connectivity index (χ0) is 13.3. The number of pyridine rings is 1. The molecule has 0 radical (unpaired) electrons. The Hall–Kier alpha value is -1.63. The van der Waals surface area contributed by atoms with Gasteiger partial charge < -0.3 is 0 Å². The minimum atomic E-state index is 0.565. The third kappa shape index (κ3) is 2.45. The maximum absolute atomic E-state index is 2.31. The van der Waals surface area contributed by atoms with Gasteiger partial charge in [-0.1, -0.05) is 31.5 Å². The summed E-state index contributed by atoms with van der Waals surface area (Å²) in [5.41, 5.74) is 6.66. The van der Waals surface area contributed by atoms with E-state index in [1.54, 1.807) is 0 Å². The summed E-state index contributed by atoms with van der Waals surface area (Å²) in [6.07, 6.45) is 2.16. The Balaban J connectivity index is 2.62. The van der Waals surface area contributed by atoms with Crippen LogP contribution >= 0.6 is 0 Å². The fraction of sp³-hybridized carbons (Fsp3) is 0.353. The number of benzene rings is 1. The van der Waals surface area contributed by atoms with Gasteiger partial charge in [-0.25, -0.2) is 4.57 Å². The standard InChI is InChI=1S/C17H22N/c1-12(2)15-8-9-18(5)17(11-15)16-10-13(3)6-7-14(16)4/h6-12H,1-5H3/q+1. The molecule has 0 bridgehead atoms. The molecule has 0 N–H and O–H groups in total. The van der Waals surface area contributed by atoms with Crippen LogP contribution in [0.5, 0.6) is 0 Å². The van der Waals surface area contributed by atoms with E-state index in [2.05, 4.69) is 75.8 Å². The van der Waals surface area contributed by atoms with Crippen molar-refractivity contribution in [3.8, 4) is 11.3 Å². The fourth-order valence-electron chi connectivity index (χ4n) is 2.22. The van der Waals surface area contributed by atoms with Crippen LogP contribution in [0.15, 0.2) is 36.5 Å². The van der Waals surface area contributed by atoms with Crippen LogP contribution in [-0.4, -0.2) is 0 Å². The van der Waals surface area contributed by atoms with Crippen LogP contribution in [0.2, 0.25) is 0 Å². The van der Waals surface area contributed by atoms with E-state index in [-0.39, 0.29) is 0 Å². The summed E-state index contributed by atoms with van der Waals surface area (Å²) in [6, 6.07) is 11.2. The Morgan fingerprint density at radius 2 is 1.72 bits per heavy atom. The number of hydrogen-bond donors (Lipinski definition) is 0. The summed E-state index contributed by atoms with van der Waals surface area (Å²) in [6.45, 7) is 8.80. The van der Waals surface area contributed by atoms with Gasteiger partial charge in [-0.05, 0) is 37.0 Å². The summed E-state index contributed by atoms with van der Waals surface area (Å²) >= 11 is 0. The Morgan fingerprint density at radius 1 is 1.00 bits per heavy atom. The van der Waals surface area contributed by atoms with Crippen molar-refractivity contribution in [1.82, 2.24) is 0 Å². The van der Waals surface area contributed by atoms with Gasteiger partial charge in [0, 0.05) is 17.7 Å². The van der Waals surface area contributed by atoms with Crippen molar-refractivity contribution in [2.75, 3.05) is 0 Å². The van der Waals surface area contributed by atoms with Gasteiger partial charge >= 0.3 is 0 Å². The molecule has 0 aliphatic rings. The fourth-order valence-corrected chi connectivity index (χ4v) is 2.22. The zero-order valence-corrected chi connectivity index (χ0v) is 12.0. The molecule has 0 aliphatic carbocycles. The van der Waals surface area contributed by atoms with Crippen LogP contribution in [0, 0.1) is 13.8 Å². The minimum Gasteiger partial charge on any atom is -0.201 e. The molecule has 0 unspecified atom stereocenters. The van der Waals surface area contributed by atoms with E-state index in [9.17, 15) is 0 Å². The first-order valence-electron chi connectivity index (χ1n) is 6.56. The topological polar surface area (TPSA) is 3.88 Å². The molecule has 0 saturated carbocycles. The number of nitrogens with zero attached hydrogens (tertiary/aromatic N) is 1. The van der Waals surface area contributed by atoms with E-state index in [0.29, 0.717) is 5.92 Å². The highest BCUT2D eigenvalue weighted by Crippen LogP contribution is 2.24. The summed E-state index contributed by atoms with van der Waals surface area (Å²) < 4.78 is 2.20. The maximum atomic E-state index is 2.31. The molecule has 1 aromatic heterocycles. The van der Waals surface area contributed by atoms with Crippen molar-refractivity contribution in [1.29, 1.82) is 0 Å². The van der Waals surface area contributed by atoms with E-state index in [1.165, 1.54) is 27.9 Å². The summed E-state index contributed by atoms with van der Waals surface area (Å²) in [4.78, 5) is 0. The lowest BCUT2D eigenvalue weighted by Gasteiger charge is -2.09. The third-order valence-electron chi connectivity index (χ3n) is 3.51. The molecule has 0 aliphatic heterocycles. The quantitative estimate of drug-likeness (QED) is 0.701. The molecule has 2 rings (SSSR count). The maximum Gasteiger partial charge on any atom is 0.212 e. The number of rotatable bonds is 2. The lowest BCUT2D eigenvalue weighted by molar-refractivity contribution is -0.660. The number of hydrogen-bond acceptors (Lipinski definition) is 0. The van der Waals surface area contributed by atoms with E-state index >= 15 is 0 Å². The molecule has 94 valence electrons. The predicted octanol–water partition coefficient (Wildman–Crippen LogP) is 3.92. The SMILES string of the molecule is Cc1ccc(C)c(-c2cc(C(C)C)cc[n+]2C)c1. The second kappa shape index (κ2) is 4.93. The second-order valence-corrected chi connectivity index (χ2v) is 5.43. The largest absolute Gasteiger partial charge is 0.212 e. The molecule has 0 saturated heterocycles. The summed E-state index contributed by atoms with van der Waals surface area (Å²) in [5, 5.41) is 0. The van der Waals surface area contributed by atoms with E-state index < -0.39 is 0 Å². The molecule has 1 heterocycles. The van der Waals surface area contributed by atoms with Crippen LogP contribution in [0.25, 0.3) is 11.3 Å². The summed E-state index contributed by atoms with van der Waals surface area (Å²) in [5.74, 6) is 0.565. The summed E-state index contributed by atoms with van der Waals surface area (Å²) in [7, 11) is 2.11. The predicted molar refractivity (Wildman–Crippen MR) is 76.6 cm³/mol. The number of aryl methyl sites for hydroxylation is 3. The Bertz CT molecular complexity index is 568. The zero-order valence-electron chi connectivity index (χ0n) is 12.0. The second-order valence-electron chi connectivity index (χ2n) is 5.43. The molecule has 1 nitrogen and oxygen atoms in total. The molecule has 0 fully saturated rings. The highest BCUT2D eigenvalue weighted by atomic mass is 14.9. The van der Waals surface area contributed by atoms with E-state index in [1.807, 2.05) is 0 Å². The first-order valence-corrected chi connectivity index (χ1v) is 6.56. The van der Waals surface area contributed by atoms with Gasteiger partial charge in [0.2, 0.25) is 5.69 Å². The highest BCUT2D eigenvalue weighted by Gasteiger charge is 2.14. The first-order chi connectivity index (χ1) is 8.49. The first kappa shape index (κ1) is 12.8. The molecular formula is C17H22N+. The highest BCUT2D eigenvalue weighted by molar-refractivity contribution is 5.62. The van der Waals surface area contributed by atoms with Crippen LogP contribution in [0.1, 0.15) is 36.5 Å². The Morgan fingerprint density at radius 3 is 2.39 bits per heavy atom. The van der Waals surface area contributed by atoms with Crippen molar-refractivity contribution >= 4 is 0 Å². The van der Waals surface area contributed by atoms with Crippen LogP contribution < -0.4 is 4.57 Å². The van der Waals surface area contributed by atoms with Crippen LogP contribution in [0.4, 0.5) is 0 Å². The lowest BCUT2D eigenvalue weighted by atomic mass is 9.98. The van der Waals surface area contributed by atoms with Gasteiger partial charge in [-0.2, -0.15) is 0 Å². The van der Waals surface area contributed by atoms with Gasteiger partial charge in [0.25, 0.3) is 0 Å². The molecular weight excluding hydrogens is 218 g/mol. The normalized spacial score (nSPS) is 11.0.